The molecule has 0 radical (unpaired) electrons. The van der Waals surface area contributed by atoms with Crippen LogP contribution < -0.4 is 0 Å². The second-order valence-corrected chi connectivity index (χ2v) is 5.83. The molecular weight excluding hydrogens is 144 g/mol. The lowest BCUT2D eigenvalue weighted by atomic mass is 9.91. The van der Waals surface area contributed by atoms with Gasteiger partial charge in [-0.3, -0.25) is 0 Å². The Hall–Kier alpha value is 0.310. The molecule has 1 aliphatic heterocycles. The maximum Gasteiger partial charge on any atom is 0.0640 e. The summed E-state index contributed by atoms with van der Waals surface area (Å²) < 4.78 is 0.280. The Morgan fingerprint density at radius 1 is 1.30 bits per heavy atom. The maximum absolute atomic E-state index is 9.70. The predicted octanol–water partition coefficient (Wildman–Crippen LogP) is 2.04. The van der Waals surface area contributed by atoms with E-state index in [1.54, 1.807) is 0 Å². The van der Waals surface area contributed by atoms with Crippen LogP contribution in [0.4, 0.5) is 0 Å². The van der Waals surface area contributed by atoms with E-state index >= 15 is 0 Å². The largest absolute Gasteiger partial charge is 0.390 e. The number of hydrogen-bond donors (Lipinski definition) is 1. The SMILES string of the molecule is CC1(O)CCSC(C)(C)C1. The molecule has 0 amide bonds. The lowest BCUT2D eigenvalue weighted by Crippen LogP contribution is -2.38. The van der Waals surface area contributed by atoms with Crippen molar-refractivity contribution < 1.29 is 5.11 Å². The molecule has 2 heteroatoms. The van der Waals surface area contributed by atoms with Crippen molar-refractivity contribution in [3.63, 3.8) is 0 Å². The van der Waals surface area contributed by atoms with Gasteiger partial charge in [0.2, 0.25) is 0 Å². The maximum atomic E-state index is 9.70. The summed E-state index contributed by atoms with van der Waals surface area (Å²) in [5, 5.41) is 9.70. The van der Waals surface area contributed by atoms with Crippen LogP contribution in [0.15, 0.2) is 0 Å². The van der Waals surface area contributed by atoms with Gasteiger partial charge < -0.3 is 5.11 Å². The van der Waals surface area contributed by atoms with Gasteiger partial charge in [-0.05, 0) is 25.5 Å². The summed E-state index contributed by atoms with van der Waals surface area (Å²) in [4.78, 5) is 0. The number of rotatable bonds is 0. The Morgan fingerprint density at radius 2 is 1.90 bits per heavy atom. The van der Waals surface area contributed by atoms with Crippen LogP contribution in [-0.2, 0) is 0 Å². The van der Waals surface area contributed by atoms with E-state index in [2.05, 4.69) is 13.8 Å². The molecule has 0 bridgehead atoms. The molecular formula is C8H16OS. The number of thioether (sulfide) groups is 1. The minimum absolute atomic E-state index is 0.280. The fourth-order valence-electron chi connectivity index (χ4n) is 1.60. The molecule has 0 aromatic carbocycles. The zero-order valence-electron chi connectivity index (χ0n) is 6.98. The summed E-state index contributed by atoms with van der Waals surface area (Å²) >= 11 is 1.96. The molecule has 1 atom stereocenters. The van der Waals surface area contributed by atoms with Crippen LogP contribution in [0.5, 0.6) is 0 Å². The highest BCUT2D eigenvalue weighted by molar-refractivity contribution is 8.00. The van der Waals surface area contributed by atoms with Crippen LogP contribution in [0.1, 0.15) is 33.6 Å². The Bertz CT molecular complexity index is 115. The number of hydrogen-bond acceptors (Lipinski definition) is 2. The Kier molecular flexibility index (Phi) is 2.03. The van der Waals surface area contributed by atoms with E-state index in [4.69, 9.17) is 0 Å². The first kappa shape index (κ1) is 8.41. The summed E-state index contributed by atoms with van der Waals surface area (Å²) in [6.45, 7) is 6.34. The van der Waals surface area contributed by atoms with Gasteiger partial charge in [-0.15, -0.1) is 0 Å². The van der Waals surface area contributed by atoms with Crippen LogP contribution in [0.3, 0.4) is 0 Å². The van der Waals surface area contributed by atoms with Gasteiger partial charge in [0.25, 0.3) is 0 Å². The van der Waals surface area contributed by atoms with Crippen LogP contribution in [0.2, 0.25) is 0 Å². The van der Waals surface area contributed by atoms with Crippen LogP contribution >= 0.6 is 11.8 Å². The molecule has 1 aliphatic rings. The Labute approximate surface area is 67.2 Å². The molecule has 10 heavy (non-hydrogen) atoms. The van der Waals surface area contributed by atoms with E-state index in [0.29, 0.717) is 0 Å². The average Bonchev–Trinajstić information content (AvgIpc) is 1.56. The van der Waals surface area contributed by atoms with Crippen molar-refractivity contribution in [2.45, 2.75) is 44.0 Å². The highest BCUT2D eigenvalue weighted by atomic mass is 32.2. The lowest BCUT2D eigenvalue weighted by Gasteiger charge is -2.38. The third kappa shape index (κ3) is 2.17. The smallest absolute Gasteiger partial charge is 0.0640 e. The van der Waals surface area contributed by atoms with Crippen molar-refractivity contribution >= 4 is 11.8 Å². The zero-order chi connectivity index (χ0) is 7.83. The molecule has 1 saturated heterocycles. The van der Waals surface area contributed by atoms with Gasteiger partial charge in [-0.2, -0.15) is 11.8 Å². The summed E-state index contributed by atoms with van der Waals surface area (Å²) in [5.74, 6) is 1.10. The molecule has 0 saturated carbocycles. The van der Waals surface area contributed by atoms with Crippen LogP contribution in [0.25, 0.3) is 0 Å². The Balaban J connectivity index is 2.56. The van der Waals surface area contributed by atoms with Crippen molar-refractivity contribution in [1.29, 1.82) is 0 Å². The van der Waals surface area contributed by atoms with E-state index in [0.717, 1.165) is 18.6 Å². The first-order valence-corrected chi connectivity index (χ1v) is 4.76. The van der Waals surface area contributed by atoms with Crippen LogP contribution in [-0.4, -0.2) is 21.2 Å². The predicted molar refractivity (Wildman–Crippen MR) is 46.4 cm³/mol. The van der Waals surface area contributed by atoms with E-state index in [9.17, 15) is 5.11 Å². The summed E-state index contributed by atoms with van der Waals surface area (Å²) in [6, 6.07) is 0. The molecule has 1 heterocycles. The molecule has 1 unspecified atom stereocenters. The van der Waals surface area contributed by atoms with Crippen LogP contribution in [0, 0.1) is 0 Å². The van der Waals surface area contributed by atoms with E-state index in [1.807, 2.05) is 18.7 Å². The van der Waals surface area contributed by atoms with Crippen molar-refractivity contribution in [2.75, 3.05) is 5.75 Å². The summed E-state index contributed by atoms with van der Waals surface area (Å²) in [6.07, 6.45) is 1.87. The van der Waals surface area contributed by atoms with Crippen molar-refractivity contribution in [3.8, 4) is 0 Å². The molecule has 0 aromatic rings. The van der Waals surface area contributed by atoms with Gasteiger partial charge in [-0.25, -0.2) is 0 Å². The van der Waals surface area contributed by atoms with Gasteiger partial charge in [-0.1, -0.05) is 13.8 Å². The topological polar surface area (TPSA) is 20.2 Å². The normalized spacial score (nSPS) is 39.6. The van der Waals surface area contributed by atoms with Gasteiger partial charge >= 0.3 is 0 Å². The summed E-state index contributed by atoms with van der Waals surface area (Å²) in [5.41, 5.74) is -0.408. The van der Waals surface area contributed by atoms with Gasteiger partial charge in [0.15, 0.2) is 0 Å². The fourth-order valence-corrected chi connectivity index (χ4v) is 3.11. The average molecular weight is 160 g/mol. The lowest BCUT2D eigenvalue weighted by molar-refractivity contribution is 0.0363. The molecule has 1 nitrogen and oxygen atoms in total. The van der Waals surface area contributed by atoms with Crippen molar-refractivity contribution in [1.82, 2.24) is 0 Å². The van der Waals surface area contributed by atoms with E-state index in [1.165, 1.54) is 0 Å². The second kappa shape index (κ2) is 2.42. The molecule has 1 N–H and O–H groups in total. The third-order valence-electron chi connectivity index (χ3n) is 1.94. The zero-order valence-corrected chi connectivity index (χ0v) is 7.79. The van der Waals surface area contributed by atoms with Crippen molar-refractivity contribution in [2.24, 2.45) is 0 Å². The van der Waals surface area contributed by atoms with Gasteiger partial charge in [0.05, 0.1) is 5.60 Å². The molecule has 1 fully saturated rings. The minimum Gasteiger partial charge on any atom is -0.390 e. The third-order valence-corrected chi connectivity index (χ3v) is 3.27. The molecule has 1 rings (SSSR count). The molecule has 60 valence electrons. The first-order chi connectivity index (χ1) is 4.41. The molecule has 0 spiro atoms. The molecule has 0 aliphatic carbocycles. The first-order valence-electron chi connectivity index (χ1n) is 3.78. The summed E-state index contributed by atoms with van der Waals surface area (Å²) in [7, 11) is 0. The van der Waals surface area contributed by atoms with Gasteiger partial charge in [0.1, 0.15) is 0 Å². The van der Waals surface area contributed by atoms with E-state index in [-0.39, 0.29) is 4.75 Å². The monoisotopic (exact) mass is 160 g/mol. The van der Waals surface area contributed by atoms with Gasteiger partial charge in [0, 0.05) is 4.75 Å². The fraction of sp³-hybridized carbons (Fsp3) is 1.00. The minimum atomic E-state index is -0.408. The van der Waals surface area contributed by atoms with Crippen molar-refractivity contribution in [3.05, 3.63) is 0 Å². The highest BCUT2D eigenvalue weighted by Gasteiger charge is 2.34. The second-order valence-electron chi connectivity index (χ2n) is 4.03. The quantitative estimate of drug-likeness (QED) is 0.585. The molecule has 0 aromatic heterocycles. The standard InChI is InChI=1S/C8H16OS/c1-7(2)6-8(3,9)4-5-10-7/h9H,4-6H2,1-3H3. The number of aliphatic hydroxyl groups is 1. The highest BCUT2D eigenvalue weighted by Crippen LogP contribution is 2.40. The Morgan fingerprint density at radius 3 is 2.20 bits per heavy atom. The van der Waals surface area contributed by atoms with E-state index < -0.39 is 5.60 Å².